The Morgan fingerprint density at radius 2 is 2.00 bits per heavy atom. The van der Waals surface area contributed by atoms with Gasteiger partial charge in [-0.2, -0.15) is 5.10 Å². The molecule has 1 heterocycles. The number of hydrogen-bond acceptors (Lipinski definition) is 4. The molecular formula is C17H25ClN4O2. The lowest BCUT2D eigenvalue weighted by Gasteiger charge is -2.06. The average molecular weight is 353 g/mol. The van der Waals surface area contributed by atoms with Crippen molar-refractivity contribution < 1.29 is 9.53 Å². The summed E-state index contributed by atoms with van der Waals surface area (Å²) in [5.74, 6) is 0.0611. The average Bonchev–Trinajstić information content (AvgIpc) is 3.06. The fourth-order valence-corrected chi connectivity index (χ4v) is 2.15. The Labute approximate surface area is 149 Å². The maximum Gasteiger partial charge on any atom is 0.220 e. The van der Waals surface area contributed by atoms with Gasteiger partial charge in [-0.3, -0.25) is 4.79 Å². The van der Waals surface area contributed by atoms with Crippen molar-refractivity contribution in [1.82, 2.24) is 20.4 Å². The van der Waals surface area contributed by atoms with Gasteiger partial charge < -0.3 is 15.4 Å². The molecule has 0 aliphatic carbocycles. The molecule has 7 heteroatoms. The second-order valence-corrected chi connectivity index (χ2v) is 5.22. The molecule has 6 nitrogen and oxygen atoms in total. The molecular weight excluding hydrogens is 328 g/mol. The highest BCUT2D eigenvalue weighted by atomic mass is 35.5. The van der Waals surface area contributed by atoms with Crippen LogP contribution < -0.4 is 10.6 Å². The summed E-state index contributed by atoms with van der Waals surface area (Å²) in [6.45, 7) is 2.86. The first-order valence-corrected chi connectivity index (χ1v) is 7.85. The number of carbonyl (C=O) groups is 1. The van der Waals surface area contributed by atoms with Gasteiger partial charge in [0.15, 0.2) is 0 Å². The molecule has 0 saturated heterocycles. The monoisotopic (exact) mass is 352 g/mol. The third-order valence-corrected chi connectivity index (χ3v) is 3.40. The predicted molar refractivity (Wildman–Crippen MR) is 96.9 cm³/mol. The van der Waals surface area contributed by atoms with Crippen LogP contribution >= 0.6 is 12.4 Å². The smallest absolute Gasteiger partial charge is 0.220 e. The largest absolute Gasteiger partial charge is 0.383 e. The summed E-state index contributed by atoms with van der Waals surface area (Å²) < 4.78 is 6.76. The number of aryl methyl sites for hydroxylation is 1. The number of ether oxygens (including phenoxy) is 1. The number of rotatable bonds is 10. The Bertz CT molecular complexity index is 589. The van der Waals surface area contributed by atoms with Crippen LogP contribution in [-0.4, -0.2) is 49.0 Å². The summed E-state index contributed by atoms with van der Waals surface area (Å²) in [5, 5.41) is 10.4. The lowest BCUT2D eigenvalue weighted by molar-refractivity contribution is -0.121. The molecule has 0 unspecified atom stereocenters. The number of halogens is 1. The summed E-state index contributed by atoms with van der Waals surface area (Å²) in [6.07, 6.45) is 4.94. The molecule has 2 N–H and O–H groups in total. The first kappa shape index (κ1) is 20.2. The van der Waals surface area contributed by atoms with Crippen LogP contribution in [0.25, 0.3) is 5.69 Å². The number of nitrogens with zero attached hydrogens (tertiary/aromatic N) is 2. The van der Waals surface area contributed by atoms with Crippen LogP contribution in [0.5, 0.6) is 0 Å². The number of nitrogens with one attached hydrogen (secondary N) is 2. The van der Waals surface area contributed by atoms with Gasteiger partial charge in [-0.15, -0.1) is 12.4 Å². The minimum absolute atomic E-state index is 0. The van der Waals surface area contributed by atoms with E-state index in [4.69, 9.17) is 4.74 Å². The third-order valence-electron chi connectivity index (χ3n) is 3.40. The third kappa shape index (κ3) is 7.12. The lowest BCUT2D eigenvalue weighted by atomic mass is 10.2. The van der Waals surface area contributed by atoms with Gasteiger partial charge in [0.05, 0.1) is 18.5 Å². The normalized spacial score (nSPS) is 10.2. The first-order valence-electron chi connectivity index (χ1n) is 7.85. The molecule has 0 bridgehead atoms. The Kier molecular flexibility index (Phi) is 9.76. The molecule has 0 radical (unpaired) electrons. The van der Waals surface area contributed by atoms with Crippen LogP contribution in [0.2, 0.25) is 0 Å². The summed E-state index contributed by atoms with van der Waals surface area (Å²) in [7, 11) is 1.67. The van der Waals surface area contributed by atoms with Crippen molar-refractivity contribution in [3.8, 4) is 5.69 Å². The zero-order chi connectivity index (χ0) is 16.3. The Morgan fingerprint density at radius 1 is 1.21 bits per heavy atom. The minimum Gasteiger partial charge on any atom is -0.383 e. The van der Waals surface area contributed by atoms with Crippen molar-refractivity contribution in [3.63, 3.8) is 0 Å². The molecule has 1 amide bonds. The van der Waals surface area contributed by atoms with E-state index >= 15 is 0 Å². The number of amides is 1. The van der Waals surface area contributed by atoms with Crippen LogP contribution in [-0.2, 0) is 16.0 Å². The number of hydrogen-bond donors (Lipinski definition) is 2. The molecule has 1 aromatic heterocycles. The lowest BCUT2D eigenvalue weighted by Crippen LogP contribution is -2.33. The Morgan fingerprint density at radius 3 is 2.75 bits per heavy atom. The molecule has 2 rings (SSSR count). The van der Waals surface area contributed by atoms with Crippen molar-refractivity contribution in [1.29, 1.82) is 0 Å². The molecule has 0 fully saturated rings. The standard InChI is InChI=1S/C17H24N4O2.ClH/c1-23-12-11-18-9-10-19-17(22)8-7-15-13-20-21(14-15)16-5-3-2-4-6-16;/h2-6,13-14,18H,7-12H2,1H3,(H,19,22);1H. The summed E-state index contributed by atoms with van der Waals surface area (Å²) in [5.41, 5.74) is 2.08. The van der Waals surface area contributed by atoms with E-state index in [-0.39, 0.29) is 18.3 Å². The number of para-hydroxylation sites is 1. The number of aromatic nitrogens is 2. The predicted octanol–water partition coefficient (Wildman–Crippen LogP) is 1.58. The Balaban J connectivity index is 0.00000288. The minimum atomic E-state index is 0. The van der Waals surface area contributed by atoms with E-state index in [2.05, 4.69) is 15.7 Å². The summed E-state index contributed by atoms with van der Waals surface area (Å²) in [6, 6.07) is 9.93. The first-order chi connectivity index (χ1) is 11.3. The molecule has 1 aromatic carbocycles. The van der Waals surface area contributed by atoms with Gasteiger partial charge in [-0.25, -0.2) is 4.68 Å². The highest BCUT2D eigenvalue weighted by Crippen LogP contribution is 2.08. The highest BCUT2D eigenvalue weighted by molar-refractivity contribution is 5.85. The molecule has 2 aromatic rings. The summed E-state index contributed by atoms with van der Waals surface area (Å²) in [4.78, 5) is 11.8. The molecule has 0 saturated carbocycles. The summed E-state index contributed by atoms with van der Waals surface area (Å²) >= 11 is 0. The fourth-order valence-electron chi connectivity index (χ4n) is 2.15. The Hall–Kier alpha value is -1.89. The zero-order valence-corrected chi connectivity index (χ0v) is 14.7. The van der Waals surface area contributed by atoms with Gasteiger partial charge >= 0.3 is 0 Å². The zero-order valence-electron chi connectivity index (χ0n) is 13.9. The van der Waals surface area contributed by atoms with Gasteiger partial charge in [-0.05, 0) is 24.1 Å². The van der Waals surface area contributed by atoms with E-state index in [1.54, 1.807) is 7.11 Å². The van der Waals surface area contributed by atoms with Crippen LogP contribution in [0.1, 0.15) is 12.0 Å². The van der Waals surface area contributed by atoms with E-state index in [0.29, 0.717) is 26.0 Å². The second-order valence-electron chi connectivity index (χ2n) is 5.22. The van der Waals surface area contributed by atoms with Crippen LogP contribution in [0.15, 0.2) is 42.7 Å². The van der Waals surface area contributed by atoms with Crippen LogP contribution in [0.3, 0.4) is 0 Å². The number of methoxy groups -OCH3 is 1. The fraction of sp³-hybridized carbons (Fsp3) is 0.412. The van der Waals surface area contributed by atoms with Crippen molar-refractivity contribution in [2.45, 2.75) is 12.8 Å². The van der Waals surface area contributed by atoms with E-state index in [9.17, 15) is 4.79 Å². The van der Waals surface area contributed by atoms with Gasteiger partial charge in [0.1, 0.15) is 0 Å². The van der Waals surface area contributed by atoms with Crippen molar-refractivity contribution >= 4 is 18.3 Å². The highest BCUT2D eigenvalue weighted by Gasteiger charge is 2.04. The van der Waals surface area contributed by atoms with E-state index in [1.165, 1.54) is 0 Å². The van der Waals surface area contributed by atoms with Gasteiger partial charge in [-0.1, -0.05) is 18.2 Å². The maximum absolute atomic E-state index is 11.8. The molecule has 24 heavy (non-hydrogen) atoms. The van der Waals surface area contributed by atoms with Crippen LogP contribution in [0.4, 0.5) is 0 Å². The molecule has 132 valence electrons. The van der Waals surface area contributed by atoms with Gasteiger partial charge in [0.25, 0.3) is 0 Å². The number of carbonyl (C=O) groups excluding carboxylic acids is 1. The maximum atomic E-state index is 11.8. The van der Waals surface area contributed by atoms with Gasteiger partial charge in [0, 0.05) is 39.4 Å². The van der Waals surface area contributed by atoms with Crippen molar-refractivity contribution in [2.75, 3.05) is 33.4 Å². The van der Waals surface area contributed by atoms with E-state index in [1.807, 2.05) is 47.4 Å². The quantitative estimate of drug-likeness (QED) is 0.637. The van der Waals surface area contributed by atoms with Crippen LogP contribution in [0, 0.1) is 0 Å². The van der Waals surface area contributed by atoms with Gasteiger partial charge in [0.2, 0.25) is 5.91 Å². The second kappa shape index (κ2) is 11.6. The molecule has 0 spiro atoms. The number of benzene rings is 1. The van der Waals surface area contributed by atoms with E-state index in [0.717, 1.165) is 24.3 Å². The molecule has 0 aliphatic heterocycles. The van der Waals surface area contributed by atoms with E-state index < -0.39 is 0 Å². The van der Waals surface area contributed by atoms with Crippen molar-refractivity contribution in [2.24, 2.45) is 0 Å². The molecule has 0 aliphatic rings. The SMILES string of the molecule is COCCNCCNC(=O)CCc1cnn(-c2ccccc2)c1.Cl. The molecule has 0 atom stereocenters. The topological polar surface area (TPSA) is 68.2 Å². The van der Waals surface area contributed by atoms with Crippen molar-refractivity contribution in [3.05, 3.63) is 48.3 Å².